The molecule has 154 valence electrons. The van der Waals surface area contributed by atoms with Gasteiger partial charge in [0.1, 0.15) is 12.6 Å². The van der Waals surface area contributed by atoms with E-state index >= 15 is 0 Å². The predicted molar refractivity (Wildman–Crippen MR) is 105 cm³/mol. The van der Waals surface area contributed by atoms with Crippen molar-refractivity contribution in [2.45, 2.75) is 12.5 Å². The number of likely N-dealkylation sites (tertiary alicyclic amines) is 1. The van der Waals surface area contributed by atoms with E-state index in [9.17, 15) is 14.4 Å². The van der Waals surface area contributed by atoms with Crippen LogP contribution in [0.2, 0.25) is 0 Å². The van der Waals surface area contributed by atoms with Gasteiger partial charge in [-0.15, -0.1) is 0 Å². The molecule has 2 saturated heterocycles. The second-order valence-corrected chi connectivity index (χ2v) is 6.65. The Bertz CT molecular complexity index is 789. The first-order valence-electron chi connectivity index (χ1n) is 9.42. The summed E-state index contributed by atoms with van der Waals surface area (Å²) >= 11 is 0. The quantitative estimate of drug-likeness (QED) is 0.452. The molecule has 2 fully saturated rings. The minimum atomic E-state index is -0.747. The number of oxime groups is 1. The highest BCUT2D eigenvalue weighted by atomic mass is 16.6. The Morgan fingerprint density at radius 1 is 1.24 bits per heavy atom. The van der Waals surface area contributed by atoms with Crippen LogP contribution in [0.1, 0.15) is 16.8 Å². The van der Waals surface area contributed by atoms with Gasteiger partial charge in [0.2, 0.25) is 5.91 Å². The molecule has 9 heteroatoms. The van der Waals surface area contributed by atoms with E-state index < -0.39 is 18.0 Å². The summed E-state index contributed by atoms with van der Waals surface area (Å²) in [7, 11) is 0. The standard InChI is InChI=1S/C20H24N4O5/c1-2-10-29-22-16-13-17(19(26)23-8-11-28-12-9-23)24(14-16)20(27)21-18(25)15-6-4-3-5-7-15/h2-7,17H,1,8-14H2,(H,21,25,27)/b22-16+/t17-/m0/s1. The van der Waals surface area contributed by atoms with Gasteiger partial charge in [-0.05, 0) is 12.1 Å². The summed E-state index contributed by atoms with van der Waals surface area (Å²) in [6.07, 6.45) is 1.80. The van der Waals surface area contributed by atoms with Crippen molar-refractivity contribution in [1.82, 2.24) is 15.1 Å². The average molecular weight is 400 g/mol. The molecule has 1 aromatic carbocycles. The van der Waals surface area contributed by atoms with Crippen molar-refractivity contribution in [3.8, 4) is 0 Å². The van der Waals surface area contributed by atoms with Crippen LogP contribution in [-0.2, 0) is 14.4 Å². The molecule has 1 N–H and O–H groups in total. The maximum Gasteiger partial charge on any atom is 0.325 e. The Balaban J connectivity index is 1.73. The van der Waals surface area contributed by atoms with Crippen LogP contribution >= 0.6 is 0 Å². The summed E-state index contributed by atoms with van der Waals surface area (Å²) in [5, 5.41) is 6.36. The molecule has 2 aliphatic heterocycles. The Labute approximate surface area is 168 Å². The Hall–Kier alpha value is -3.20. The number of nitrogens with one attached hydrogen (secondary N) is 1. The third-order valence-corrected chi connectivity index (χ3v) is 4.67. The lowest BCUT2D eigenvalue weighted by Crippen LogP contribution is -2.53. The number of morpholine rings is 1. The highest BCUT2D eigenvalue weighted by molar-refractivity contribution is 6.07. The van der Waals surface area contributed by atoms with E-state index in [0.717, 1.165) is 0 Å². The van der Waals surface area contributed by atoms with Crippen LogP contribution in [0.3, 0.4) is 0 Å². The number of amides is 4. The fourth-order valence-corrected chi connectivity index (χ4v) is 3.21. The van der Waals surface area contributed by atoms with Crippen LogP contribution in [0.25, 0.3) is 0 Å². The SMILES string of the molecule is C=CCO/N=C1\C[C@@H](C(=O)N2CCOCC2)N(C(=O)NC(=O)c2ccccc2)C1. The van der Waals surface area contributed by atoms with E-state index in [1.165, 1.54) is 4.90 Å². The van der Waals surface area contributed by atoms with Crippen LogP contribution in [-0.4, -0.2) is 78.9 Å². The topological polar surface area (TPSA) is 101 Å². The molecule has 3 rings (SSSR count). The van der Waals surface area contributed by atoms with Gasteiger partial charge in [-0.2, -0.15) is 0 Å². The normalized spacial score (nSPS) is 20.4. The van der Waals surface area contributed by atoms with E-state index in [1.807, 2.05) is 0 Å². The lowest BCUT2D eigenvalue weighted by atomic mass is 10.1. The molecule has 0 saturated carbocycles. The number of benzene rings is 1. The van der Waals surface area contributed by atoms with Crippen molar-refractivity contribution >= 4 is 23.6 Å². The van der Waals surface area contributed by atoms with E-state index in [2.05, 4.69) is 17.1 Å². The molecular formula is C20H24N4O5. The van der Waals surface area contributed by atoms with Crippen molar-refractivity contribution in [1.29, 1.82) is 0 Å². The summed E-state index contributed by atoms with van der Waals surface area (Å²) < 4.78 is 5.29. The van der Waals surface area contributed by atoms with Crippen LogP contribution in [0, 0.1) is 0 Å². The van der Waals surface area contributed by atoms with Gasteiger partial charge in [0.25, 0.3) is 5.91 Å². The zero-order chi connectivity index (χ0) is 20.6. The maximum atomic E-state index is 13.0. The van der Waals surface area contributed by atoms with Crippen LogP contribution in [0.5, 0.6) is 0 Å². The second kappa shape index (κ2) is 9.83. The van der Waals surface area contributed by atoms with Gasteiger partial charge in [-0.25, -0.2) is 4.79 Å². The molecule has 29 heavy (non-hydrogen) atoms. The van der Waals surface area contributed by atoms with E-state index in [-0.39, 0.29) is 25.5 Å². The van der Waals surface area contributed by atoms with Gasteiger partial charge in [0.05, 0.1) is 25.5 Å². The fourth-order valence-electron chi connectivity index (χ4n) is 3.21. The minimum Gasteiger partial charge on any atom is -0.392 e. The first kappa shape index (κ1) is 20.5. The molecule has 0 unspecified atom stereocenters. The molecule has 0 spiro atoms. The van der Waals surface area contributed by atoms with Crippen LogP contribution < -0.4 is 5.32 Å². The number of ether oxygens (including phenoxy) is 1. The molecule has 1 aromatic rings. The number of imide groups is 1. The molecule has 0 aliphatic carbocycles. The first-order valence-corrected chi connectivity index (χ1v) is 9.42. The number of carbonyl (C=O) groups excluding carboxylic acids is 3. The van der Waals surface area contributed by atoms with E-state index in [1.54, 1.807) is 41.3 Å². The zero-order valence-electron chi connectivity index (χ0n) is 16.1. The molecule has 2 heterocycles. The number of rotatable bonds is 5. The highest BCUT2D eigenvalue weighted by Crippen LogP contribution is 2.19. The summed E-state index contributed by atoms with van der Waals surface area (Å²) in [4.78, 5) is 46.2. The fraction of sp³-hybridized carbons (Fsp3) is 0.400. The van der Waals surface area contributed by atoms with Gasteiger partial charge in [-0.1, -0.05) is 36.0 Å². The molecule has 0 bridgehead atoms. The van der Waals surface area contributed by atoms with Crippen molar-refractivity contribution in [2.75, 3.05) is 39.5 Å². The monoisotopic (exact) mass is 400 g/mol. The molecule has 0 aromatic heterocycles. The summed E-state index contributed by atoms with van der Waals surface area (Å²) in [6, 6.07) is 7.03. The zero-order valence-corrected chi connectivity index (χ0v) is 16.1. The number of nitrogens with zero attached hydrogens (tertiary/aromatic N) is 3. The van der Waals surface area contributed by atoms with Gasteiger partial charge in [-0.3, -0.25) is 14.9 Å². The average Bonchev–Trinajstić information content (AvgIpc) is 3.19. The number of hydrogen-bond acceptors (Lipinski definition) is 6. The molecular weight excluding hydrogens is 376 g/mol. The lowest BCUT2D eigenvalue weighted by molar-refractivity contribution is -0.139. The predicted octanol–water partition coefficient (Wildman–Crippen LogP) is 1.03. The molecule has 2 aliphatic rings. The largest absolute Gasteiger partial charge is 0.392 e. The molecule has 9 nitrogen and oxygen atoms in total. The van der Waals surface area contributed by atoms with Crippen LogP contribution in [0.4, 0.5) is 4.79 Å². The van der Waals surface area contributed by atoms with Crippen molar-refractivity contribution < 1.29 is 24.0 Å². The highest BCUT2D eigenvalue weighted by Gasteiger charge is 2.41. The van der Waals surface area contributed by atoms with E-state index in [4.69, 9.17) is 9.57 Å². The summed E-state index contributed by atoms with van der Waals surface area (Å²) in [5.41, 5.74) is 0.917. The molecule has 0 radical (unpaired) electrons. The molecule has 1 atom stereocenters. The Morgan fingerprint density at radius 2 is 1.97 bits per heavy atom. The minimum absolute atomic E-state index is 0.103. The van der Waals surface area contributed by atoms with E-state index in [0.29, 0.717) is 37.6 Å². The third-order valence-electron chi connectivity index (χ3n) is 4.67. The lowest BCUT2D eigenvalue weighted by Gasteiger charge is -2.32. The number of hydrogen-bond donors (Lipinski definition) is 1. The van der Waals surface area contributed by atoms with Gasteiger partial charge in [0.15, 0.2) is 0 Å². The van der Waals surface area contributed by atoms with Crippen molar-refractivity contribution in [3.05, 3.63) is 48.6 Å². The van der Waals surface area contributed by atoms with Gasteiger partial charge >= 0.3 is 6.03 Å². The maximum absolute atomic E-state index is 13.0. The smallest absolute Gasteiger partial charge is 0.325 e. The Morgan fingerprint density at radius 3 is 2.66 bits per heavy atom. The number of urea groups is 1. The summed E-state index contributed by atoms with van der Waals surface area (Å²) in [6.45, 7) is 5.73. The van der Waals surface area contributed by atoms with Crippen molar-refractivity contribution in [3.63, 3.8) is 0 Å². The van der Waals surface area contributed by atoms with Crippen LogP contribution in [0.15, 0.2) is 48.1 Å². The molecule has 4 amide bonds. The second-order valence-electron chi connectivity index (χ2n) is 6.65. The third kappa shape index (κ3) is 5.20. The van der Waals surface area contributed by atoms with Gasteiger partial charge in [0, 0.05) is 25.1 Å². The van der Waals surface area contributed by atoms with Gasteiger partial charge < -0.3 is 19.4 Å². The van der Waals surface area contributed by atoms with Crippen molar-refractivity contribution in [2.24, 2.45) is 5.16 Å². The first-order chi connectivity index (χ1) is 14.1. The summed E-state index contributed by atoms with van der Waals surface area (Å²) in [5.74, 6) is -0.717. The number of carbonyl (C=O) groups is 3. The Kier molecular flexibility index (Phi) is 6.96.